The summed E-state index contributed by atoms with van der Waals surface area (Å²) in [5, 5.41) is 14.1. The molecular weight excluding hydrogens is 406 g/mol. The first-order valence-electron chi connectivity index (χ1n) is 9.69. The first-order chi connectivity index (χ1) is 14.1. The quantitative estimate of drug-likeness (QED) is 0.479. The SMILES string of the molecule is CC[C@H](NC(=O)[C@@H](CC)N(c1cccc([N+](=O)[O-])c1)S(C)(=O)=O)c1ccc(C)cc1. The van der Waals surface area contributed by atoms with Crippen LogP contribution in [0.15, 0.2) is 48.5 Å². The van der Waals surface area contributed by atoms with Gasteiger partial charge in [-0.25, -0.2) is 8.42 Å². The predicted molar refractivity (Wildman–Crippen MR) is 117 cm³/mol. The van der Waals surface area contributed by atoms with E-state index in [1.807, 2.05) is 38.1 Å². The summed E-state index contributed by atoms with van der Waals surface area (Å²) in [5.74, 6) is -0.457. The van der Waals surface area contributed by atoms with Gasteiger partial charge >= 0.3 is 0 Å². The molecule has 0 aromatic heterocycles. The minimum Gasteiger partial charge on any atom is -0.347 e. The van der Waals surface area contributed by atoms with Crippen molar-refractivity contribution in [3.8, 4) is 0 Å². The number of rotatable bonds is 9. The van der Waals surface area contributed by atoms with E-state index >= 15 is 0 Å². The standard InChI is InChI=1S/C21H27N3O5S/c1-5-19(16-12-10-15(3)11-13-16)22-21(25)20(6-2)23(30(4,28)29)17-8-7-9-18(14-17)24(26)27/h7-14,19-20H,5-6H2,1-4H3,(H,22,25)/t19-,20+/m0/s1. The van der Waals surface area contributed by atoms with E-state index in [0.717, 1.165) is 27.8 Å². The fourth-order valence-corrected chi connectivity index (χ4v) is 4.50. The van der Waals surface area contributed by atoms with Crippen LogP contribution in [0.4, 0.5) is 11.4 Å². The van der Waals surface area contributed by atoms with E-state index < -0.39 is 26.9 Å². The molecule has 0 radical (unpaired) electrons. The molecule has 0 bridgehead atoms. The zero-order valence-electron chi connectivity index (χ0n) is 17.5. The van der Waals surface area contributed by atoms with Crippen LogP contribution in [0.25, 0.3) is 0 Å². The predicted octanol–water partition coefficient (Wildman–Crippen LogP) is 3.72. The van der Waals surface area contributed by atoms with Gasteiger partial charge in [-0.1, -0.05) is 49.7 Å². The maximum atomic E-state index is 13.1. The van der Waals surface area contributed by atoms with E-state index in [1.54, 1.807) is 6.92 Å². The second kappa shape index (κ2) is 9.71. The number of anilines is 1. The minimum absolute atomic E-state index is 0.0806. The summed E-state index contributed by atoms with van der Waals surface area (Å²) >= 11 is 0. The molecule has 2 aromatic rings. The summed E-state index contributed by atoms with van der Waals surface area (Å²) in [5.41, 5.74) is 1.85. The summed E-state index contributed by atoms with van der Waals surface area (Å²) in [4.78, 5) is 23.6. The molecular formula is C21H27N3O5S. The summed E-state index contributed by atoms with van der Waals surface area (Å²) in [6.45, 7) is 5.60. The molecule has 9 heteroatoms. The number of hydrogen-bond acceptors (Lipinski definition) is 5. The number of hydrogen-bond donors (Lipinski definition) is 1. The summed E-state index contributed by atoms with van der Waals surface area (Å²) in [6.07, 6.45) is 1.81. The van der Waals surface area contributed by atoms with Crippen molar-refractivity contribution in [1.29, 1.82) is 0 Å². The van der Waals surface area contributed by atoms with E-state index in [2.05, 4.69) is 5.32 Å². The van der Waals surface area contributed by atoms with Gasteiger partial charge in [-0.3, -0.25) is 19.2 Å². The van der Waals surface area contributed by atoms with Gasteiger partial charge in [-0.15, -0.1) is 0 Å². The Labute approximate surface area is 177 Å². The molecule has 0 aliphatic heterocycles. The van der Waals surface area contributed by atoms with E-state index in [0.29, 0.717) is 6.42 Å². The van der Waals surface area contributed by atoms with Gasteiger partial charge in [-0.2, -0.15) is 0 Å². The van der Waals surface area contributed by atoms with Crippen molar-refractivity contribution in [2.75, 3.05) is 10.6 Å². The number of carbonyl (C=O) groups excluding carboxylic acids is 1. The van der Waals surface area contributed by atoms with Crippen molar-refractivity contribution in [3.05, 3.63) is 69.8 Å². The van der Waals surface area contributed by atoms with Crippen molar-refractivity contribution in [2.45, 2.75) is 45.7 Å². The number of nitro benzene ring substituents is 1. The van der Waals surface area contributed by atoms with E-state index in [1.165, 1.54) is 18.2 Å². The van der Waals surface area contributed by atoms with Gasteiger partial charge in [0.15, 0.2) is 0 Å². The molecule has 1 N–H and O–H groups in total. The maximum Gasteiger partial charge on any atom is 0.271 e. The number of benzene rings is 2. The second-order valence-electron chi connectivity index (χ2n) is 7.14. The minimum atomic E-state index is -3.88. The Kier molecular flexibility index (Phi) is 7.55. The van der Waals surface area contributed by atoms with Crippen LogP contribution in [0.5, 0.6) is 0 Å². The lowest BCUT2D eigenvalue weighted by molar-refractivity contribution is -0.384. The van der Waals surface area contributed by atoms with Crippen molar-refractivity contribution >= 4 is 27.3 Å². The van der Waals surface area contributed by atoms with E-state index in [4.69, 9.17) is 0 Å². The average molecular weight is 434 g/mol. The fourth-order valence-electron chi connectivity index (χ4n) is 3.29. The molecule has 30 heavy (non-hydrogen) atoms. The normalized spacial score (nSPS) is 13.3. The molecule has 0 unspecified atom stereocenters. The van der Waals surface area contributed by atoms with Gasteiger partial charge in [0.05, 0.1) is 22.9 Å². The first-order valence-corrected chi connectivity index (χ1v) is 11.5. The Hall–Kier alpha value is -2.94. The number of nitro groups is 1. The molecule has 0 heterocycles. The van der Waals surface area contributed by atoms with E-state index in [9.17, 15) is 23.3 Å². The molecule has 162 valence electrons. The zero-order chi connectivity index (χ0) is 22.5. The summed E-state index contributed by atoms with van der Waals surface area (Å²) in [6, 6.07) is 11.7. The zero-order valence-corrected chi connectivity index (χ0v) is 18.3. The molecule has 0 saturated heterocycles. The third-order valence-corrected chi connectivity index (χ3v) is 6.01. The van der Waals surface area contributed by atoms with Gasteiger partial charge in [0.25, 0.3) is 5.69 Å². The van der Waals surface area contributed by atoms with Gasteiger partial charge < -0.3 is 5.32 Å². The molecule has 2 aromatic carbocycles. The van der Waals surface area contributed by atoms with Gasteiger partial charge in [0.1, 0.15) is 6.04 Å². The molecule has 0 aliphatic carbocycles. The van der Waals surface area contributed by atoms with Gasteiger partial charge in [-0.05, 0) is 31.4 Å². The number of amides is 1. The number of carbonyl (C=O) groups is 1. The smallest absolute Gasteiger partial charge is 0.271 e. The van der Waals surface area contributed by atoms with Crippen molar-refractivity contribution in [2.24, 2.45) is 0 Å². The molecule has 8 nitrogen and oxygen atoms in total. The lowest BCUT2D eigenvalue weighted by atomic mass is 10.0. The first kappa shape index (κ1) is 23.3. The molecule has 0 aliphatic rings. The topological polar surface area (TPSA) is 110 Å². The van der Waals surface area contributed by atoms with Crippen molar-refractivity contribution in [1.82, 2.24) is 5.32 Å². The number of aryl methyl sites for hydroxylation is 1. The van der Waals surface area contributed by atoms with Crippen LogP contribution in [-0.2, 0) is 14.8 Å². The summed E-state index contributed by atoms with van der Waals surface area (Å²) in [7, 11) is -3.88. The highest BCUT2D eigenvalue weighted by atomic mass is 32.2. The number of nitrogens with one attached hydrogen (secondary N) is 1. The third kappa shape index (κ3) is 5.56. The Morgan fingerprint density at radius 3 is 2.27 bits per heavy atom. The van der Waals surface area contributed by atoms with Crippen LogP contribution in [0.2, 0.25) is 0 Å². The Balaban J connectivity index is 2.39. The highest BCUT2D eigenvalue weighted by Crippen LogP contribution is 2.27. The number of sulfonamides is 1. The van der Waals surface area contributed by atoms with Gasteiger partial charge in [0.2, 0.25) is 15.9 Å². The average Bonchev–Trinajstić information content (AvgIpc) is 2.69. The van der Waals surface area contributed by atoms with Gasteiger partial charge in [0, 0.05) is 12.1 Å². The lowest BCUT2D eigenvalue weighted by Gasteiger charge is -2.31. The fraction of sp³-hybridized carbons (Fsp3) is 0.381. The largest absolute Gasteiger partial charge is 0.347 e. The lowest BCUT2D eigenvalue weighted by Crippen LogP contribution is -2.50. The van der Waals surface area contributed by atoms with Crippen LogP contribution >= 0.6 is 0 Å². The van der Waals surface area contributed by atoms with Crippen molar-refractivity contribution in [3.63, 3.8) is 0 Å². The number of non-ortho nitro benzene ring substituents is 1. The van der Waals surface area contributed by atoms with Crippen LogP contribution in [0.3, 0.4) is 0 Å². The number of nitrogens with zero attached hydrogens (tertiary/aromatic N) is 2. The molecule has 1 amide bonds. The van der Waals surface area contributed by atoms with Crippen LogP contribution in [-0.4, -0.2) is 31.5 Å². The highest BCUT2D eigenvalue weighted by molar-refractivity contribution is 7.92. The Morgan fingerprint density at radius 2 is 1.77 bits per heavy atom. The van der Waals surface area contributed by atoms with Crippen molar-refractivity contribution < 1.29 is 18.1 Å². The molecule has 0 spiro atoms. The van der Waals surface area contributed by atoms with Crippen LogP contribution in [0, 0.1) is 17.0 Å². The molecule has 0 saturated carbocycles. The summed E-state index contributed by atoms with van der Waals surface area (Å²) < 4.78 is 26.1. The highest BCUT2D eigenvalue weighted by Gasteiger charge is 2.33. The monoisotopic (exact) mass is 433 g/mol. The Bertz CT molecular complexity index is 1010. The third-order valence-electron chi connectivity index (χ3n) is 4.83. The molecule has 2 atom stereocenters. The van der Waals surface area contributed by atoms with Crippen LogP contribution in [0.1, 0.15) is 43.9 Å². The Morgan fingerprint density at radius 1 is 1.13 bits per heavy atom. The second-order valence-corrected chi connectivity index (χ2v) is 9.00. The van der Waals surface area contributed by atoms with Crippen LogP contribution < -0.4 is 9.62 Å². The molecule has 2 rings (SSSR count). The van der Waals surface area contributed by atoms with E-state index in [-0.39, 0.29) is 23.8 Å². The maximum absolute atomic E-state index is 13.1. The molecule has 0 fully saturated rings.